The SMILES string of the molecule is COc1ccc(Cl)cc1NC(=O)CN1CCC(C)(O)C1. The average molecular weight is 299 g/mol. The number of nitrogens with one attached hydrogen (secondary N) is 1. The first-order chi connectivity index (χ1) is 9.39. The third-order valence-corrected chi connectivity index (χ3v) is 3.57. The molecule has 5 nitrogen and oxygen atoms in total. The van der Waals surface area contributed by atoms with Gasteiger partial charge in [-0.15, -0.1) is 0 Å². The number of halogens is 1. The molecule has 2 N–H and O–H groups in total. The van der Waals surface area contributed by atoms with Gasteiger partial charge < -0.3 is 15.2 Å². The minimum absolute atomic E-state index is 0.150. The fourth-order valence-electron chi connectivity index (χ4n) is 2.34. The first-order valence-electron chi connectivity index (χ1n) is 6.48. The van der Waals surface area contributed by atoms with E-state index < -0.39 is 5.60 Å². The van der Waals surface area contributed by atoms with Crippen molar-refractivity contribution in [3.63, 3.8) is 0 Å². The maximum Gasteiger partial charge on any atom is 0.238 e. The predicted molar refractivity (Wildman–Crippen MR) is 78.3 cm³/mol. The summed E-state index contributed by atoms with van der Waals surface area (Å²) in [5, 5.41) is 13.2. The number of rotatable bonds is 4. The van der Waals surface area contributed by atoms with Crippen molar-refractivity contribution in [2.75, 3.05) is 32.1 Å². The second kappa shape index (κ2) is 5.99. The van der Waals surface area contributed by atoms with Crippen LogP contribution in [0.25, 0.3) is 0 Å². The van der Waals surface area contributed by atoms with Gasteiger partial charge in [-0.05, 0) is 31.5 Å². The van der Waals surface area contributed by atoms with Gasteiger partial charge in [0.25, 0.3) is 0 Å². The smallest absolute Gasteiger partial charge is 0.238 e. The number of carbonyl (C=O) groups is 1. The molecule has 0 radical (unpaired) electrons. The fraction of sp³-hybridized carbons (Fsp3) is 0.500. The Morgan fingerprint density at radius 1 is 1.60 bits per heavy atom. The number of benzene rings is 1. The second-order valence-electron chi connectivity index (χ2n) is 5.35. The molecule has 20 heavy (non-hydrogen) atoms. The van der Waals surface area contributed by atoms with Crippen molar-refractivity contribution in [1.29, 1.82) is 0 Å². The van der Waals surface area contributed by atoms with Gasteiger partial charge >= 0.3 is 0 Å². The molecular weight excluding hydrogens is 280 g/mol. The molecular formula is C14H19ClN2O3. The Morgan fingerprint density at radius 2 is 2.35 bits per heavy atom. The normalized spacial score (nSPS) is 22.8. The van der Waals surface area contributed by atoms with Gasteiger partial charge in [0.2, 0.25) is 5.91 Å². The van der Waals surface area contributed by atoms with E-state index in [0.29, 0.717) is 36.0 Å². The summed E-state index contributed by atoms with van der Waals surface area (Å²) in [4.78, 5) is 13.9. The van der Waals surface area contributed by atoms with Crippen LogP contribution in [0.3, 0.4) is 0 Å². The topological polar surface area (TPSA) is 61.8 Å². The van der Waals surface area contributed by atoms with Gasteiger partial charge in [-0.25, -0.2) is 0 Å². The van der Waals surface area contributed by atoms with Crippen molar-refractivity contribution < 1.29 is 14.6 Å². The lowest BCUT2D eigenvalue weighted by Crippen LogP contribution is -2.35. The number of ether oxygens (including phenoxy) is 1. The van der Waals surface area contributed by atoms with E-state index in [0.717, 1.165) is 0 Å². The van der Waals surface area contributed by atoms with E-state index in [9.17, 15) is 9.90 Å². The Morgan fingerprint density at radius 3 is 2.95 bits per heavy atom. The maximum atomic E-state index is 12.0. The number of nitrogens with zero attached hydrogens (tertiary/aromatic N) is 1. The molecule has 1 unspecified atom stereocenters. The van der Waals surface area contributed by atoms with Gasteiger partial charge in [-0.2, -0.15) is 0 Å². The van der Waals surface area contributed by atoms with E-state index in [1.165, 1.54) is 7.11 Å². The van der Waals surface area contributed by atoms with E-state index in [1.807, 2.05) is 4.90 Å². The third-order valence-electron chi connectivity index (χ3n) is 3.33. The van der Waals surface area contributed by atoms with E-state index >= 15 is 0 Å². The number of methoxy groups -OCH3 is 1. The average Bonchev–Trinajstić information content (AvgIpc) is 2.68. The van der Waals surface area contributed by atoms with Crippen molar-refractivity contribution in [2.45, 2.75) is 18.9 Å². The molecule has 1 aromatic carbocycles. The number of amides is 1. The molecule has 0 spiro atoms. The largest absolute Gasteiger partial charge is 0.495 e. The second-order valence-corrected chi connectivity index (χ2v) is 5.79. The van der Waals surface area contributed by atoms with Crippen LogP contribution in [0.5, 0.6) is 5.75 Å². The van der Waals surface area contributed by atoms with Crippen molar-refractivity contribution in [3.05, 3.63) is 23.2 Å². The molecule has 6 heteroatoms. The van der Waals surface area contributed by atoms with Gasteiger partial charge in [0.1, 0.15) is 5.75 Å². The van der Waals surface area contributed by atoms with Crippen LogP contribution in [0.4, 0.5) is 5.69 Å². The first-order valence-corrected chi connectivity index (χ1v) is 6.85. The molecule has 2 rings (SSSR count). The summed E-state index contributed by atoms with van der Waals surface area (Å²) in [6, 6.07) is 5.06. The van der Waals surface area contributed by atoms with E-state index in [1.54, 1.807) is 25.1 Å². The minimum Gasteiger partial charge on any atom is -0.495 e. The Kier molecular flexibility index (Phi) is 4.52. The molecule has 1 heterocycles. The summed E-state index contributed by atoms with van der Waals surface area (Å²) in [6.07, 6.45) is 0.681. The summed E-state index contributed by atoms with van der Waals surface area (Å²) in [5.74, 6) is 0.416. The number of aliphatic hydroxyl groups is 1. The number of hydrogen-bond donors (Lipinski definition) is 2. The van der Waals surface area contributed by atoms with Crippen molar-refractivity contribution >= 4 is 23.2 Å². The van der Waals surface area contributed by atoms with Crippen LogP contribution in [-0.2, 0) is 4.79 Å². The van der Waals surface area contributed by atoms with Crippen LogP contribution in [0, 0.1) is 0 Å². The molecule has 1 saturated heterocycles. The lowest BCUT2D eigenvalue weighted by atomic mass is 10.1. The third kappa shape index (κ3) is 3.85. The molecule has 0 aromatic heterocycles. The Bertz CT molecular complexity index is 505. The predicted octanol–water partition coefficient (Wildman–Crippen LogP) is 1.74. The molecule has 110 valence electrons. The van der Waals surface area contributed by atoms with Crippen LogP contribution < -0.4 is 10.1 Å². The molecule has 1 aromatic rings. The maximum absolute atomic E-state index is 12.0. The fourth-order valence-corrected chi connectivity index (χ4v) is 2.52. The van der Waals surface area contributed by atoms with Crippen LogP contribution in [0.1, 0.15) is 13.3 Å². The highest BCUT2D eigenvalue weighted by atomic mass is 35.5. The number of β-amino-alcohol motifs (C(OH)–C–C–N with tert-alkyl or cyclic N) is 1. The van der Waals surface area contributed by atoms with Crippen LogP contribution >= 0.6 is 11.6 Å². The van der Waals surface area contributed by atoms with E-state index in [4.69, 9.17) is 16.3 Å². The van der Waals surface area contributed by atoms with Gasteiger partial charge in [0.15, 0.2) is 0 Å². The Labute approximate surface area is 123 Å². The van der Waals surface area contributed by atoms with E-state index in [2.05, 4.69) is 5.32 Å². The Balaban J connectivity index is 1.97. The summed E-state index contributed by atoms with van der Waals surface area (Å²) >= 11 is 5.91. The lowest BCUT2D eigenvalue weighted by Gasteiger charge is -2.18. The van der Waals surface area contributed by atoms with Crippen molar-refractivity contribution in [2.24, 2.45) is 0 Å². The number of likely N-dealkylation sites (tertiary alicyclic amines) is 1. The number of anilines is 1. The van der Waals surface area contributed by atoms with Gasteiger partial charge in [0, 0.05) is 18.1 Å². The van der Waals surface area contributed by atoms with Crippen LogP contribution in [0.15, 0.2) is 18.2 Å². The number of carbonyl (C=O) groups excluding carboxylic acids is 1. The molecule has 1 aliphatic rings. The molecule has 0 aliphatic carbocycles. The van der Waals surface area contributed by atoms with Crippen molar-refractivity contribution in [3.8, 4) is 5.75 Å². The summed E-state index contributed by atoms with van der Waals surface area (Å²) in [6.45, 7) is 3.25. The zero-order chi connectivity index (χ0) is 14.8. The van der Waals surface area contributed by atoms with Crippen molar-refractivity contribution in [1.82, 2.24) is 4.90 Å². The molecule has 1 amide bonds. The van der Waals surface area contributed by atoms with Gasteiger partial charge in [0.05, 0.1) is 24.9 Å². The lowest BCUT2D eigenvalue weighted by molar-refractivity contribution is -0.117. The minimum atomic E-state index is -0.700. The molecule has 0 bridgehead atoms. The molecule has 0 saturated carbocycles. The summed E-state index contributed by atoms with van der Waals surface area (Å²) < 4.78 is 5.18. The van der Waals surface area contributed by atoms with Gasteiger partial charge in [-0.3, -0.25) is 9.69 Å². The number of hydrogen-bond acceptors (Lipinski definition) is 4. The zero-order valence-corrected chi connectivity index (χ0v) is 12.4. The van der Waals surface area contributed by atoms with Crippen LogP contribution in [-0.4, -0.2) is 48.3 Å². The first kappa shape index (κ1) is 15.1. The quantitative estimate of drug-likeness (QED) is 0.889. The zero-order valence-electron chi connectivity index (χ0n) is 11.6. The molecule has 1 atom stereocenters. The monoisotopic (exact) mass is 298 g/mol. The highest BCUT2D eigenvalue weighted by Gasteiger charge is 2.32. The van der Waals surface area contributed by atoms with Crippen LogP contribution in [0.2, 0.25) is 5.02 Å². The summed E-state index contributed by atoms with van der Waals surface area (Å²) in [5.41, 5.74) is -0.149. The molecule has 1 aliphatic heterocycles. The van der Waals surface area contributed by atoms with E-state index in [-0.39, 0.29) is 12.5 Å². The standard InChI is InChI=1S/C14H19ClN2O3/c1-14(19)5-6-17(9-14)8-13(18)16-11-7-10(15)3-4-12(11)20-2/h3-4,7,19H,5-6,8-9H2,1-2H3,(H,16,18). The highest BCUT2D eigenvalue weighted by Crippen LogP contribution is 2.27. The Hall–Kier alpha value is -1.30. The summed E-state index contributed by atoms with van der Waals surface area (Å²) in [7, 11) is 1.54. The molecule has 1 fully saturated rings. The van der Waals surface area contributed by atoms with Gasteiger partial charge in [-0.1, -0.05) is 11.6 Å². The highest BCUT2D eigenvalue weighted by molar-refractivity contribution is 6.31.